The molecule has 1 aliphatic carbocycles. The minimum atomic E-state index is -0.669. The standard InChI is InChI=1S/C22H28O6/c1-6-22(4,5)11-18(23)27-16-8-12(2)7-15-9-14(21(25)26-15)10-17-19(16)13(3)20(24)28-17/h8-9,15-17,19H,3,6-7,10-11H2,1-2,4-5H3/b12-8+/t15-,16-,17+,19+/m1/s1. The lowest BCUT2D eigenvalue weighted by atomic mass is 9.85. The molecule has 3 aliphatic rings. The van der Waals surface area contributed by atoms with Gasteiger partial charge in [-0.05, 0) is 24.5 Å². The van der Waals surface area contributed by atoms with Crippen molar-refractivity contribution in [1.82, 2.24) is 0 Å². The van der Waals surface area contributed by atoms with Crippen molar-refractivity contribution in [3.63, 3.8) is 0 Å². The molecule has 0 N–H and O–H groups in total. The van der Waals surface area contributed by atoms with Crippen LogP contribution in [0.1, 0.15) is 53.4 Å². The molecule has 4 atom stereocenters. The SMILES string of the molecule is C=C1C(=O)O[C@H]2CC3=C[C@@H](C/C(C)=C/[C@@H](OC(=O)CC(C)(C)CC)[C@H]12)OC3=O. The minimum absolute atomic E-state index is 0.172. The van der Waals surface area contributed by atoms with E-state index in [1.807, 2.05) is 33.8 Å². The molecule has 152 valence electrons. The monoisotopic (exact) mass is 388 g/mol. The van der Waals surface area contributed by atoms with Crippen LogP contribution in [-0.2, 0) is 28.6 Å². The lowest BCUT2D eigenvalue weighted by Gasteiger charge is -2.28. The van der Waals surface area contributed by atoms with E-state index in [0.717, 1.165) is 12.0 Å². The molecule has 1 saturated heterocycles. The first-order valence-corrected chi connectivity index (χ1v) is 9.78. The second kappa shape index (κ2) is 7.57. The highest BCUT2D eigenvalue weighted by molar-refractivity contribution is 5.93. The average molecular weight is 388 g/mol. The van der Waals surface area contributed by atoms with Crippen LogP contribution in [0.5, 0.6) is 0 Å². The fourth-order valence-corrected chi connectivity index (χ4v) is 3.82. The van der Waals surface area contributed by atoms with Crippen molar-refractivity contribution in [1.29, 1.82) is 0 Å². The third kappa shape index (κ3) is 4.21. The summed E-state index contributed by atoms with van der Waals surface area (Å²) < 4.78 is 16.7. The Morgan fingerprint density at radius 3 is 2.61 bits per heavy atom. The molecule has 3 rings (SSSR count). The zero-order chi connectivity index (χ0) is 20.6. The molecule has 2 heterocycles. The van der Waals surface area contributed by atoms with Crippen molar-refractivity contribution in [3.05, 3.63) is 35.5 Å². The molecule has 0 unspecified atom stereocenters. The van der Waals surface area contributed by atoms with Crippen molar-refractivity contribution >= 4 is 17.9 Å². The van der Waals surface area contributed by atoms with Gasteiger partial charge in [-0.25, -0.2) is 9.59 Å². The van der Waals surface area contributed by atoms with Crippen LogP contribution in [0.4, 0.5) is 0 Å². The summed E-state index contributed by atoms with van der Waals surface area (Å²) in [6.07, 6.45) is 3.88. The van der Waals surface area contributed by atoms with Gasteiger partial charge in [-0.3, -0.25) is 4.79 Å². The summed E-state index contributed by atoms with van der Waals surface area (Å²) in [5, 5.41) is 0. The van der Waals surface area contributed by atoms with E-state index in [1.54, 1.807) is 6.08 Å². The predicted molar refractivity (Wildman–Crippen MR) is 102 cm³/mol. The van der Waals surface area contributed by atoms with Gasteiger partial charge >= 0.3 is 17.9 Å². The minimum Gasteiger partial charge on any atom is -0.458 e. The third-order valence-electron chi connectivity index (χ3n) is 5.83. The second-order valence-electron chi connectivity index (χ2n) is 8.70. The molecule has 0 saturated carbocycles. The van der Waals surface area contributed by atoms with Gasteiger partial charge in [0.1, 0.15) is 18.3 Å². The molecule has 0 aromatic rings. The summed E-state index contributed by atoms with van der Waals surface area (Å²) in [6.45, 7) is 11.8. The number of hydrogen-bond donors (Lipinski definition) is 0. The van der Waals surface area contributed by atoms with Gasteiger partial charge < -0.3 is 14.2 Å². The normalized spacial score (nSPS) is 31.9. The van der Waals surface area contributed by atoms with E-state index in [1.165, 1.54) is 0 Å². The quantitative estimate of drug-likeness (QED) is 0.318. The highest BCUT2D eigenvalue weighted by Gasteiger charge is 2.46. The highest BCUT2D eigenvalue weighted by atomic mass is 16.6. The van der Waals surface area contributed by atoms with E-state index in [0.29, 0.717) is 12.0 Å². The summed E-state index contributed by atoms with van der Waals surface area (Å²) in [5.41, 5.74) is 1.50. The summed E-state index contributed by atoms with van der Waals surface area (Å²) in [6, 6.07) is 0. The molecule has 1 fully saturated rings. The molecule has 0 radical (unpaired) electrons. The first kappa shape index (κ1) is 20.4. The van der Waals surface area contributed by atoms with Crippen LogP contribution in [-0.4, -0.2) is 36.2 Å². The Kier molecular flexibility index (Phi) is 5.50. The van der Waals surface area contributed by atoms with Crippen molar-refractivity contribution in [2.75, 3.05) is 0 Å². The van der Waals surface area contributed by atoms with Crippen LogP contribution < -0.4 is 0 Å². The Morgan fingerprint density at radius 2 is 1.93 bits per heavy atom. The molecule has 6 nitrogen and oxygen atoms in total. The fourth-order valence-electron chi connectivity index (χ4n) is 3.82. The zero-order valence-electron chi connectivity index (χ0n) is 16.9. The number of carbonyl (C=O) groups excluding carboxylic acids is 3. The van der Waals surface area contributed by atoms with Gasteiger partial charge in [0.05, 0.1) is 12.3 Å². The van der Waals surface area contributed by atoms with Crippen LogP contribution in [0.3, 0.4) is 0 Å². The Balaban J connectivity index is 1.90. The van der Waals surface area contributed by atoms with Gasteiger partial charge in [-0.1, -0.05) is 39.3 Å². The van der Waals surface area contributed by atoms with Crippen LogP contribution in [0.15, 0.2) is 35.5 Å². The second-order valence-corrected chi connectivity index (χ2v) is 8.70. The van der Waals surface area contributed by atoms with Gasteiger partial charge in [-0.15, -0.1) is 0 Å². The Morgan fingerprint density at radius 1 is 1.21 bits per heavy atom. The summed E-state index contributed by atoms with van der Waals surface area (Å²) >= 11 is 0. The maximum atomic E-state index is 12.6. The molecule has 2 aliphatic heterocycles. The van der Waals surface area contributed by atoms with E-state index in [4.69, 9.17) is 14.2 Å². The van der Waals surface area contributed by atoms with E-state index in [-0.39, 0.29) is 41.9 Å². The summed E-state index contributed by atoms with van der Waals surface area (Å²) in [4.78, 5) is 36.9. The Bertz CT molecular complexity index is 772. The number of rotatable bonds is 4. The van der Waals surface area contributed by atoms with Crippen LogP contribution in [0.25, 0.3) is 0 Å². The van der Waals surface area contributed by atoms with E-state index in [2.05, 4.69) is 6.58 Å². The molecule has 2 bridgehead atoms. The van der Waals surface area contributed by atoms with E-state index >= 15 is 0 Å². The largest absolute Gasteiger partial charge is 0.458 e. The third-order valence-corrected chi connectivity index (χ3v) is 5.83. The topological polar surface area (TPSA) is 78.9 Å². The number of fused-ring (bicyclic) bond motifs is 2. The van der Waals surface area contributed by atoms with E-state index < -0.39 is 24.1 Å². The van der Waals surface area contributed by atoms with Crippen LogP contribution >= 0.6 is 0 Å². The molecule has 0 spiro atoms. The van der Waals surface area contributed by atoms with Crippen molar-refractivity contribution in [2.45, 2.75) is 71.7 Å². The maximum Gasteiger partial charge on any atom is 0.334 e. The molecular weight excluding hydrogens is 360 g/mol. The lowest BCUT2D eigenvalue weighted by Crippen LogP contribution is -2.34. The van der Waals surface area contributed by atoms with Gasteiger partial charge in [0, 0.05) is 24.0 Å². The number of carbonyl (C=O) groups is 3. The van der Waals surface area contributed by atoms with Crippen LogP contribution in [0, 0.1) is 11.3 Å². The Labute approximate surface area is 165 Å². The Hall–Kier alpha value is -2.37. The maximum absolute atomic E-state index is 12.6. The lowest BCUT2D eigenvalue weighted by molar-refractivity contribution is -0.152. The first-order valence-electron chi connectivity index (χ1n) is 9.78. The van der Waals surface area contributed by atoms with Gasteiger partial charge in [-0.2, -0.15) is 0 Å². The van der Waals surface area contributed by atoms with Crippen LogP contribution in [0.2, 0.25) is 0 Å². The molecule has 0 amide bonds. The molecule has 0 aromatic heterocycles. The van der Waals surface area contributed by atoms with Crippen molar-refractivity contribution < 1.29 is 28.6 Å². The molecule has 28 heavy (non-hydrogen) atoms. The number of esters is 3. The van der Waals surface area contributed by atoms with Crippen molar-refractivity contribution in [2.24, 2.45) is 11.3 Å². The van der Waals surface area contributed by atoms with Gasteiger partial charge in [0.2, 0.25) is 0 Å². The molecular formula is C22H28O6. The average Bonchev–Trinajstić information content (AvgIpc) is 3.05. The molecule has 6 heteroatoms. The summed E-state index contributed by atoms with van der Waals surface area (Å²) in [7, 11) is 0. The van der Waals surface area contributed by atoms with E-state index in [9.17, 15) is 14.4 Å². The number of hydrogen-bond acceptors (Lipinski definition) is 6. The smallest absolute Gasteiger partial charge is 0.334 e. The van der Waals surface area contributed by atoms with Gasteiger partial charge in [0.15, 0.2) is 0 Å². The molecule has 0 aromatic carbocycles. The first-order chi connectivity index (χ1) is 13.1. The van der Waals surface area contributed by atoms with Crippen molar-refractivity contribution in [3.8, 4) is 0 Å². The highest BCUT2D eigenvalue weighted by Crippen LogP contribution is 2.38. The zero-order valence-corrected chi connectivity index (χ0v) is 16.9. The summed E-state index contributed by atoms with van der Waals surface area (Å²) in [5.74, 6) is -1.75. The fraction of sp³-hybridized carbons (Fsp3) is 0.591. The predicted octanol–water partition coefficient (Wildman–Crippen LogP) is 3.41. The number of ether oxygens (including phenoxy) is 3. The van der Waals surface area contributed by atoms with Gasteiger partial charge in [0.25, 0.3) is 0 Å².